The summed E-state index contributed by atoms with van der Waals surface area (Å²) in [6.07, 6.45) is -4.42. The maximum Gasteiger partial charge on any atom is 0.416 e. The van der Waals surface area contributed by atoms with Gasteiger partial charge in [-0.3, -0.25) is 0 Å². The first-order valence-electron chi connectivity index (χ1n) is 5.85. The molecule has 0 radical (unpaired) electrons. The molecule has 2 aromatic carbocycles. The highest BCUT2D eigenvalue weighted by Crippen LogP contribution is 2.29. The van der Waals surface area contributed by atoms with Crippen molar-refractivity contribution in [3.05, 3.63) is 59.9 Å². The molecule has 2 N–H and O–H groups in total. The van der Waals surface area contributed by atoms with E-state index >= 15 is 0 Å². The van der Waals surface area contributed by atoms with Crippen LogP contribution in [0.2, 0.25) is 0 Å². The summed E-state index contributed by atoms with van der Waals surface area (Å²) < 4.78 is 49.8. The second kappa shape index (κ2) is 5.82. The maximum absolute atomic E-state index is 12.7. The molecule has 0 aliphatic carbocycles. The molecule has 0 bridgehead atoms. The zero-order chi connectivity index (χ0) is 15.5. The van der Waals surface area contributed by atoms with Crippen molar-refractivity contribution in [3.63, 3.8) is 0 Å². The molecular weight excluding hydrogens is 288 g/mol. The summed E-state index contributed by atoms with van der Waals surface area (Å²) in [4.78, 5) is 11.6. The van der Waals surface area contributed by atoms with E-state index < -0.39 is 23.6 Å². The number of urea groups is 1. The van der Waals surface area contributed by atoms with E-state index in [1.54, 1.807) is 0 Å². The predicted molar refractivity (Wildman–Crippen MR) is 70.5 cm³/mol. The van der Waals surface area contributed by atoms with Gasteiger partial charge in [0.1, 0.15) is 5.82 Å². The molecule has 3 nitrogen and oxygen atoms in total. The lowest BCUT2D eigenvalue weighted by Gasteiger charge is -2.09. The van der Waals surface area contributed by atoms with E-state index in [4.69, 9.17) is 0 Å². The SMILES string of the molecule is O=C(Nc1ccc(F)cc1)Nc1ccc(C(F)(F)F)cc1. The third-order valence-electron chi connectivity index (χ3n) is 2.57. The molecule has 0 saturated carbocycles. The Bertz CT molecular complexity index is 621. The number of hydrogen-bond acceptors (Lipinski definition) is 1. The third kappa shape index (κ3) is 4.20. The molecule has 0 atom stereocenters. The zero-order valence-electron chi connectivity index (χ0n) is 10.5. The van der Waals surface area contributed by atoms with E-state index in [1.807, 2.05) is 0 Å². The molecule has 2 aromatic rings. The second-order valence-electron chi connectivity index (χ2n) is 4.16. The van der Waals surface area contributed by atoms with Crippen LogP contribution in [0.3, 0.4) is 0 Å². The van der Waals surface area contributed by atoms with E-state index in [1.165, 1.54) is 24.3 Å². The van der Waals surface area contributed by atoms with Gasteiger partial charge in [0, 0.05) is 11.4 Å². The first kappa shape index (κ1) is 14.8. The Morgan fingerprint density at radius 3 is 1.67 bits per heavy atom. The highest BCUT2D eigenvalue weighted by atomic mass is 19.4. The Labute approximate surface area is 117 Å². The van der Waals surface area contributed by atoms with E-state index in [9.17, 15) is 22.4 Å². The first-order chi connectivity index (χ1) is 9.84. The van der Waals surface area contributed by atoms with Crippen LogP contribution in [0.5, 0.6) is 0 Å². The number of amides is 2. The van der Waals surface area contributed by atoms with Gasteiger partial charge in [-0.25, -0.2) is 9.18 Å². The van der Waals surface area contributed by atoms with Crippen molar-refractivity contribution < 1.29 is 22.4 Å². The zero-order valence-corrected chi connectivity index (χ0v) is 10.5. The van der Waals surface area contributed by atoms with Crippen LogP contribution in [-0.4, -0.2) is 6.03 Å². The molecule has 0 unspecified atom stereocenters. The number of carbonyl (C=O) groups excluding carboxylic acids is 1. The second-order valence-corrected chi connectivity index (χ2v) is 4.16. The minimum absolute atomic E-state index is 0.211. The van der Waals surface area contributed by atoms with Crippen LogP contribution in [0.15, 0.2) is 48.5 Å². The van der Waals surface area contributed by atoms with Crippen LogP contribution < -0.4 is 10.6 Å². The normalized spacial score (nSPS) is 11.0. The smallest absolute Gasteiger partial charge is 0.308 e. The van der Waals surface area contributed by atoms with E-state index in [0.717, 1.165) is 24.3 Å². The predicted octanol–water partition coefficient (Wildman–Crippen LogP) is 4.49. The van der Waals surface area contributed by atoms with Crippen LogP contribution >= 0.6 is 0 Å². The molecule has 21 heavy (non-hydrogen) atoms. The molecule has 0 aromatic heterocycles. The maximum atomic E-state index is 12.7. The van der Waals surface area contributed by atoms with Crippen molar-refractivity contribution in [1.82, 2.24) is 0 Å². The van der Waals surface area contributed by atoms with Gasteiger partial charge in [0.15, 0.2) is 0 Å². The van der Waals surface area contributed by atoms with Gasteiger partial charge in [-0.2, -0.15) is 13.2 Å². The Hall–Kier alpha value is -2.57. The van der Waals surface area contributed by atoms with Crippen molar-refractivity contribution in [3.8, 4) is 0 Å². The van der Waals surface area contributed by atoms with Crippen molar-refractivity contribution in [1.29, 1.82) is 0 Å². The number of rotatable bonds is 2. The average Bonchev–Trinajstić information content (AvgIpc) is 2.41. The van der Waals surface area contributed by atoms with E-state index in [0.29, 0.717) is 5.69 Å². The molecule has 2 rings (SSSR count). The van der Waals surface area contributed by atoms with Gasteiger partial charge in [-0.05, 0) is 48.5 Å². The molecule has 2 amide bonds. The largest absolute Gasteiger partial charge is 0.416 e. The minimum Gasteiger partial charge on any atom is -0.308 e. The molecular formula is C14H10F4N2O. The lowest BCUT2D eigenvalue weighted by atomic mass is 10.2. The average molecular weight is 298 g/mol. The minimum atomic E-state index is -4.42. The monoisotopic (exact) mass is 298 g/mol. The van der Waals surface area contributed by atoms with Crippen molar-refractivity contribution in [2.75, 3.05) is 10.6 Å². The summed E-state index contributed by atoms with van der Waals surface area (Å²) in [6, 6.07) is 8.47. The number of anilines is 2. The number of hydrogen-bond donors (Lipinski definition) is 2. The standard InChI is InChI=1S/C14H10F4N2O/c15-10-3-7-12(8-4-10)20-13(21)19-11-5-1-9(2-6-11)14(16,17)18/h1-8H,(H2,19,20,21). The van der Waals surface area contributed by atoms with Crippen LogP contribution in [0, 0.1) is 5.82 Å². The lowest BCUT2D eigenvalue weighted by Crippen LogP contribution is -2.19. The van der Waals surface area contributed by atoms with Crippen LogP contribution in [0.25, 0.3) is 0 Å². The first-order valence-corrected chi connectivity index (χ1v) is 5.85. The summed E-state index contributed by atoms with van der Waals surface area (Å²) in [7, 11) is 0. The number of nitrogens with one attached hydrogen (secondary N) is 2. The number of alkyl halides is 3. The summed E-state index contributed by atoms with van der Waals surface area (Å²) in [5.74, 6) is -0.441. The quantitative estimate of drug-likeness (QED) is 0.788. The molecule has 0 saturated heterocycles. The van der Waals surface area contributed by atoms with Gasteiger partial charge in [-0.15, -0.1) is 0 Å². The fourth-order valence-corrected chi connectivity index (χ4v) is 1.57. The fraction of sp³-hybridized carbons (Fsp3) is 0.0714. The number of benzene rings is 2. The summed E-state index contributed by atoms with van der Waals surface area (Å²) >= 11 is 0. The Kier molecular flexibility index (Phi) is 4.11. The van der Waals surface area contributed by atoms with Gasteiger partial charge >= 0.3 is 12.2 Å². The van der Waals surface area contributed by atoms with Crippen molar-refractivity contribution in [2.45, 2.75) is 6.18 Å². The van der Waals surface area contributed by atoms with Gasteiger partial charge in [0.2, 0.25) is 0 Å². The highest BCUT2D eigenvalue weighted by molar-refractivity contribution is 5.99. The van der Waals surface area contributed by atoms with Crippen molar-refractivity contribution in [2.24, 2.45) is 0 Å². The Morgan fingerprint density at radius 1 is 0.810 bits per heavy atom. The summed E-state index contributed by atoms with van der Waals surface area (Å²) in [5, 5.41) is 4.80. The summed E-state index contributed by atoms with van der Waals surface area (Å²) in [5.41, 5.74) is -0.226. The van der Waals surface area contributed by atoms with E-state index in [2.05, 4.69) is 10.6 Å². The highest BCUT2D eigenvalue weighted by Gasteiger charge is 2.29. The third-order valence-corrected chi connectivity index (χ3v) is 2.57. The van der Waals surface area contributed by atoms with Gasteiger partial charge in [0.05, 0.1) is 5.56 Å². The molecule has 0 fully saturated rings. The molecule has 0 spiro atoms. The molecule has 110 valence electrons. The van der Waals surface area contributed by atoms with Crippen LogP contribution in [0.1, 0.15) is 5.56 Å². The lowest BCUT2D eigenvalue weighted by molar-refractivity contribution is -0.137. The number of halogens is 4. The van der Waals surface area contributed by atoms with Crippen molar-refractivity contribution >= 4 is 17.4 Å². The fourth-order valence-electron chi connectivity index (χ4n) is 1.57. The number of carbonyl (C=O) groups is 1. The Morgan fingerprint density at radius 2 is 1.24 bits per heavy atom. The molecule has 0 heterocycles. The van der Waals surface area contributed by atoms with E-state index in [-0.39, 0.29) is 5.69 Å². The van der Waals surface area contributed by atoms with Gasteiger partial charge in [0.25, 0.3) is 0 Å². The molecule has 0 aliphatic heterocycles. The van der Waals surface area contributed by atoms with Gasteiger partial charge in [-0.1, -0.05) is 0 Å². The Balaban J connectivity index is 1.98. The van der Waals surface area contributed by atoms with Crippen LogP contribution in [-0.2, 0) is 6.18 Å². The molecule has 0 aliphatic rings. The van der Waals surface area contributed by atoms with Crippen LogP contribution in [0.4, 0.5) is 33.7 Å². The van der Waals surface area contributed by atoms with Gasteiger partial charge < -0.3 is 10.6 Å². The summed E-state index contributed by atoms with van der Waals surface area (Å²) in [6.45, 7) is 0. The molecule has 7 heteroatoms. The topological polar surface area (TPSA) is 41.1 Å².